The molecule has 1 aliphatic carbocycles. The summed E-state index contributed by atoms with van der Waals surface area (Å²) < 4.78 is 7.00. The van der Waals surface area contributed by atoms with Crippen LogP contribution in [-0.4, -0.2) is 27.6 Å². The van der Waals surface area contributed by atoms with Crippen molar-refractivity contribution in [2.24, 2.45) is 5.73 Å². The lowest BCUT2D eigenvalue weighted by Crippen LogP contribution is -2.31. The highest BCUT2D eigenvalue weighted by atomic mass is 16.5. The second kappa shape index (κ2) is 7.66. The second-order valence-electron chi connectivity index (χ2n) is 7.23. The van der Waals surface area contributed by atoms with Gasteiger partial charge in [0.25, 0.3) is 5.56 Å². The number of ether oxygens (including phenoxy) is 1. The number of methoxy groups -OCH3 is 1. The van der Waals surface area contributed by atoms with E-state index in [9.17, 15) is 14.7 Å². The Balaban J connectivity index is 0.00000106. The second-order valence-corrected chi connectivity index (χ2v) is 7.23. The number of nitrogens with two attached hydrogens (primary N) is 1. The van der Waals surface area contributed by atoms with Crippen molar-refractivity contribution < 1.29 is 14.6 Å². The average molecular weight is 407 g/mol. The molecule has 156 valence electrons. The lowest BCUT2D eigenvalue weighted by molar-refractivity contribution is -0.128. The Kier molecular flexibility index (Phi) is 5.17. The van der Waals surface area contributed by atoms with Crippen molar-refractivity contribution in [3.8, 4) is 17.1 Å². The summed E-state index contributed by atoms with van der Waals surface area (Å²) in [5, 5.41) is 11.2. The van der Waals surface area contributed by atoms with Gasteiger partial charge in [-0.05, 0) is 41.8 Å². The number of benzene rings is 1. The van der Waals surface area contributed by atoms with Gasteiger partial charge in [0.2, 0.25) is 0 Å². The van der Waals surface area contributed by atoms with E-state index in [-0.39, 0.29) is 17.8 Å². The van der Waals surface area contributed by atoms with E-state index in [0.29, 0.717) is 47.8 Å². The predicted molar refractivity (Wildman–Crippen MR) is 115 cm³/mol. The minimum absolute atomic E-state index is 0.165. The molecule has 2 aromatic heterocycles. The Bertz CT molecular complexity index is 1230. The van der Waals surface area contributed by atoms with Gasteiger partial charge in [0.15, 0.2) is 5.78 Å². The van der Waals surface area contributed by atoms with Crippen LogP contribution in [0.4, 0.5) is 0 Å². The van der Waals surface area contributed by atoms with Gasteiger partial charge >= 0.3 is 0 Å². The summed E-state index contributed by atoms with van der Waals surface area (Å²) in [7, 11) is 1.61. The minimum Gasteiger partial charge on any atom is -0.497 e. The van der Waals surface area contributed by atoms with Crippen molar-refractivity contribution in [1.82, 2.24) is 9.55 Å². The maximum atomic E-state index is 13.1. The van der Waals surface area contributed by atoms with E-state index in [1.54, 1.807) is 17.7 Å². The van der Waals surface area contributed by atoms with Crippen molar-refractivity contribution in [2.45, 2.75) is 45.9 Å². The van der Waals surface area contributed by atoms with Gasteiger partial charge in [-0.3, -0.25) is 9.59 Å². The fraction of sp³-hybridized carbons (Fsp3) is 0.348. The molecule has 0 fully saturated rings. The number of aromatic nitrogens is 2. The van der Waals surface area contributed by atoms with Crippen molar-refractivity contribution in [2.75, 3.05) is 7.11 Å². The van der Waals surface area contributed by atoms with Crippen LogP contribution in [0.1, 0.15) is 48.6 Å². The van der Waals surface area contributed by atoms with E-state index in [1.807, 2.05) is 32.0 Å². The molecule has 7 nitrogen and oxygen atoms in total. The van der Waals surface area contributed by atoms with Crippen LogP contribution in [0.15, 0.2) is 29.1 Å². The molecule has 3 N–H and O–H groups in total. The first-order chi connectivity index (χ1) is 14.5. The zero-order valence-electron chi connectivity index (χ0n) is 17.4. The van der Waals surface area contributed by atoms with Gasteiger partial charge in [-0.25, -0.2) is 4.98 Å². The molecule has 1 unspecified atom stereocenters. The van der Waals surface area contributed by atoms with Crippen molar-refractivity contribution in [3.63, 3.8) is 0 Å². The maximum Gasteiger partial charge on any atom is 0.254 e. The monoisotopic (exact) mass is 407 g/mol. The highest BCUT2D eigenvalue weighted by Gasteiger charge is 2.33. The molecule has 7 heteroatoms. The summed E-state index contributed by atoms with van der Waals surface area (Å²) in [4.78, 5) is 29.8. The number of carbonyl (C=O) groups is 1. The summed E-state index contributed by atoms with van der Waals surface area (Å²) in [6.45, 7) is 4.69. The lowest BCUT2D eigenvalue weighted by atomic mass is 9.89. The summed E-state index contributed by atoms with van der Waals surface area (Å²) in [6, 6.07) is 7.35. The van der Waals surface area contributed by atoms with Crippen LogP contribution in [0.5, 0.6) is 5.75 Å². The third kappa shape index (κ3) is 2.85. The summed E-state index contributed by atoms with van der Waals surface area (Å²) in [5.74, 6) is 0.463. The molecule has 0 bridgehead atoms. The maximum absolute atomic E-state index is 13.1. The highest BCUT2D eigenvalue weighted by molar-refractivity contribution is 5.90. The van der Waals surface area contributed by atoms with E-state index >= 15 is 0 Å². The number of aliphatic hydroxyl groups is 1. The average Bonchev–Trinajstić information content (AvgIpc) is 3.14. The molecule has 0 saturated heterocycles. The van der Waals surface area contributed by atoms with Crippen molar-refractivity contribution in [1.29, 1.82) is 0 Å². The van der Waals surface area contributed by atoms with Gasteiger partial charge in [-0.1, -0.05) is 13.8 Å². The van der Waals surface area contributed by atoms with Gasteiger partial charge in [-0.2, -0.15) is 0 Å². The SMILES string of the molecule is CC.COc1ccc2nc3c(c(CN)c2c1)Cn1c-3cc2c(c1=O)CCC(=O)C2O. The summed E-state index contributed by atoms with van der Waals surface area (Å²) in [6.07, 6.45) is -0.701. The van der Waals surface area contributed by atoms with Gasteiger partial charge < -0.3 is 20.1 Å². The van der Waals surface area contributed by atoms with E-state index in [2.05, 4.69) is 0 Å². The zero-order valence-corrected chi connectivity index (χ0v) is 17.4. The fourth-order valence-electron chi connectivity index (χ4n) is 4.36. The number of fused-ring (bicyclic) bond motifs is 5. The smallest absolute Gasteiger partial charge is 0.254 e. The number of nitrogens with zero attached hydrogens (tertiary/aromatic N) is 2. The Morgan fingerprint density at radius 1 is 1.20 bits per heavy atom. The van der Waals surface area contributed by atoms with Gasteiger partial charge in [-0.15, -0.1) is 0 Å². The molecule has 0 radical (unpaired) electrons. The van der Waals surface area contributed by atoms with E-state index < -0.39 is 6.10 Å². The van der Waals surface area contributed by atoms with Crippen LogP contribution in [0, 0.1) is 0 Å². The first-order valence-corrected chi connectivity index (χ1v) is 10.2. The number of Topliss-reactive ketones (excluding diaryl/α,β-unsaturated/α-hetero) is 1. The Morgan fingerprint density at radius 3 is 2.67 bits per heavy atom. The first-order valence-electron chi connectivity index (χ1n) is 10.2. The van der Waals surface area contributed by atoms with Crippen LogP contribution >= 0.6 is 0 Å². The Labute approximate surface area is 174 Å². The van der Waals surface area contributed by atoms with Gasteiger partial charge in [0.1, 0.15) is 11.9 Å². The van der Waals surface area contributed by atoms with E-state index in [4.69, 9.17) is 15.5 Å². The topological polar surface area (TPSA) is 107 Å². The lowest BCUT2D eigenvalue weighted by Gasteiger charge is -2.21. The van der Waals surface area contributed by atoms with Crippen LogP contribution in [0.2, 0.25) is 0 Å². The van der Waals surface area contributed by atoms with Crippen LogP contribution in [0.3, 0.4) is 0 Å². The normalized spacial score (nSPS) is 16.4. The fourth-order valence-corrected chi connectivity index (χ4v) is 4.36. The number of hydrogen-bond donors (Lipinski definition) is 2. The molecular formula is C23H25N3O4. The van der Waals surface area contributed by atoms with Crippen LogP contribution in [0.25, 0.3) is 22.3 Å². The van der Waals surface area contributed by atoms with Crippen molar-refractivity contribution in [3.05, 3.63) is 56.9 Å². The molecule has 0 spiro atoms. The Hall–Kier alpha value is -3.03. The van der Waals surface area contributed by atoms with Crippen LogP contribution < -0.4 is 16.0 Å². The molecule has 1 aliphatic heterocycles. The standard InChI is InChI=1S/C21H19N3O4.C2H6/c1-28-10-2-4-16-12(6-10)14(8-22)15-9-24-17(19(15)23-16)7-13-11(21(24)27)3-5-18(25)20(13)26;1-2/h2,4,6-7,20,26H,3,5,8-9,22H2,1H3;1-2H3. The summed E-state index contributed by atoms with van der Waals surface area (Å²) >= 11 is 0. The molecular weight excluding hydrogens is 382 g/mol. The molecule has 30 heavy (non-hydrogen) atoms. The number of pyridine rings is 2. The number of rotatable bonds is 2. The number of aliphatic hydroxyl groups excluding tert-OH is 1. The van der Waals surface area contributed by atoms with Crippen LogP contribution in [-0.2, 0) is 24.3 Å². The van der Waals surface area contributed by atoms with E-state index in [1.165, 1.54) is 0 Å². The third-order valence-electron chi connectivity index (χ3n) is 5.83. The molecule has 1 atom stereocenters. The molecule has 5 rings (SSSR count). The zero-order chi connectivity index (χ0) is 21.6. The van der Waals surface area contributed by atoms with Crippen molar-refractivity contribution >= 4 is 16.7 Å². The number of ketones is 1. The van der Waals surface area contributed by atoms with Gasteiger partial charge in [0.05, 0.1) is 30.6 Å². The number of hydrogen-bond acceptors (Lipinski definition) is 6. The quantitative estimate of drug-likeness (QED) is 0.529. The third-order valence-corrected chi connectivity index (χ3v) is 5.83. The van der Waals surface area contributed by atoms with E-state index in [0.717, 1.165) is 22.0 Å². The molecule has 0 saturated carbocycles. The molecule has 1 aromatic carbocycles. The first kappa shape index (κ1) is 20.3. The molecule has 2 aliphatic rings. The largest absolute Gasteiger partial charge is 0.497 e. The molecule has 3 aromatic rings. The van der Waals surface area contributed by atoms with Gasteiger partial charge in [0, 0.05) is 29.5 Å². The Morgan fingerprint density at radius 2 is 1.97 bits per heavy atom. The molecule has 0 amide bonds. The highest BCUT2D eigenvalue weighted by Crippen LogP contribution is 2.38. The minimum atomic E-state index is -1.25. The summed E-state index contributed by atoms with van der Waals surface area (Å²) in [5.41, 5.74) is 10.7. The predicted octanol–water partition coefficient (Wildman–Crippen LogP) is 2.47. The molecule has 3 heterocycles. The number of carbonyl (C=O) groups excluding carboxylic acids is 1.